The Morgan fingerprint density at radius 3 is 2.50 bits per heavy atom. The maximum Gasteiger partial charge on any atom is 0.297 e. The van der Waals surface area contributed by atoms with Crippen molar-refractivity contribution in [3.8, 4) is 0 Å². The van der Waals surface area contributed by atoms with Gasteiger partial charge in [-0.25, -0.2) is 4.98 Å². The van der Waals surface area contributed by atoms with E-state index in [1.807, 2.05) is 68.4 Å². The molecule has 128 valence electrons. The first kappa shape index (κ1) is 16.6. The molecule has 26 heavy (non-hydrogen) atoms. The number of hydrogen-bond acceptors (Lipinski definition) is 3. The minimum Gasteiger partial charge on any atom is -0.448 e. The smallest absolute Gasteiger partial charge is 0.297 e. The van der Waals surface area contributed by atoms with Crippen LogP contribution in [0.15, 0.2) is 63.8 Å². The van der Waals surface area contributed by atoms with Crippen molar-refractivity contribution < 1.29 is 4.42 Å². The lowest BCUT2D eigenvalue weighted by atomic mass is 9.77. The number of aromatic nitrogens is 2. The fourth-order valence-corrected chi connectivity index (χ4v) is 3.16. The van der Waals surface area contributed by atoms with Crippen LogP contribution < -0.4 is 5.56 Å². The molecule has 2 aromatic carbocycles. The first-order valence-electron chi connectivity index (χ1n) is 8.77. The van der Waals surface area contributed by atoms with Crippen LogP contribution in [0.5, 0.6) is 0 Å². The molecule has 0 N–H and O–H groups in total. The number of nitrogens with zero attached hydrogens (tertiary/aromatic N) is 2. The van der Waals surface area contributed by atoms with E-state index in [4.69, 9.17) is 17.2 Å². The lowest BCUT2D eigenvalue weighted by Gasteiger charge is -2.20. The van der Waals surface area contributed by atoms with Gasteiger partial charge in [0.1, 0.15) is 16.9 Å². The fourth-order valence-electron chi connectivity index (χ4n) is 3.16. The van der Waals surface area contributed by atoms with E-state index in [2.05, 4.69) is 0 Å². The van der Waals surface area contributed by atoms with Crippen molar-refractivity contribution in [3.63, 3.8) is 0 Å². The Kier molecular flexibility index (Phi) is 4.15. The third-order valence-corrected chi connectivity index (χ3v) is 4.71. The van der Waals surface area contributed by atoms with Gasteiger partial charge >= 0.3 is 0 Å². The van der Waals surface area contributed by atoms with Gasteiger partial charge in [0, 0.05) is 5.39 Å². The van der Waals surface area contributed by atoms with Crippen LogP contribution in [0.3, 0.4) is 0 Å². The van der Waals surface area contributed by atoms with Crippen molar-refractivity contribution in [1.82, 2.24) is 9.55 Å². The highest BCUT2D eigenvalue weighted by atomic mass is 16.3. The molecule has 0 fully saturated rings. The van der Waals surface area contributed by atoms with Crippen LogP contribution in [0.2, 0.25) is 0 Å². The molecule has 2 radical (unpaired) electrons. The topological polar surface area (TPSA) is 48.0 Å². The van der Waals surface area contributed by atoms with E-state index >= 15 is 0 Å². The zero-order valence-corrected chi connectivity index (χ0v) is 14.8. The Balaban J connectivity index is 2.01. The highest BCUT2D eigenvalue weighted by Gasteiger charge is 2.22. The van der Waals surface area contributed by atoms with Gasteiger partial charge in [-0.3, -0.25) is 9.36 Å². The minimum atomic E-state index is -0.343. The SMILES string of the molecule is [B]C(c1nc2c(oc3ccccc32)c(=O)n1Cc1ccccc1)C(C)C. The molecule has 4 aromatic rings. The van der Waals surface area contributed by atoms with E-state index in [0.29, 0.717) is 23.5 Å². The number of para-hydroxylation sites is 1. The standard InChI is InChI=1S/C21H19BN2O2/c1-13(2)17(22)20-23-18-15-10-6-7-11-16(15)26-19(18)21(25)24(20)12-14-8-4-3-5-9-14/h3-11,13,17H,12H2,1-2H3. The van der Waals surface area contributed by atoms with E-state index in [1.165, 1.54) is 0 Å². The summed E-state index contributed by atoms with van der Waals surface area (Å²) in [6.45, 7) is 4.47. The van der Waals surface area contributed by atoms with Crippen molar-refractivity contribution in [2.45, 2.75) is 26.2 Å². The zero-order chi connectivity index (χ0) is 18.3. The van der Waals surface area contributed by atoms with Crippen molar-refractivity contribution in [2.75, 3.05) is 0 Å². The summed E-state index contributed by atoms with van der Waals surface area (Å²) in [5.74, 6) is 0.400. The predicted octanol–water partition coefficient (Wildman–Crippen LogP) is 4.06. The third-order valence-electron chi connectivity index (χ3n) is 4.71. The summed E-state index contributed by atoms with van der Waals surface area (Å²) < 4.78 is 7.46. The third kappa shape index (κ3) is 2.73. The average Bonchev–Trinajstić information content (AvgIpc) is 3.03. The summed E-state index contributed by atoms with van der Waals surface area (Å²) in [7, 11) is 6.41. The first-order valence-corrected chi connectivity index (χ1v) is 8.77. The quantitative estimate of drug-likeness (QED) is 0.526. The molecular formula is C21H19BN2O2. The molecule has 4 rings (SSSR count). The largest absolute Gasteiger partial charge is 0.448 e. The van der Waals surface area contributed by atoms with Crippen molar-refractivity contribution in [3.05, 3.63) is 76.3 Å². The van der Waals surface area contributed by atoms with Gasteiger partial charge in [-0.05, 0) is 29.4 Å². The normalized spacial score (nSPS) is 12.9. The molecule has 0 spiro atoms. The summed E-state index contributed by atoms with van der Waals surface area (Å²) >= 11 is 0. The number of rotatable bonds is 4. The number of benzene rings is 2. The van der Waals surface area contributed by atoms with Gasteiger partial charge < -0.3 is 4.42 Å². The molecule has 0 aliphatic rings. The molecule has 0 saturated carbocycles. The van der Waals surface area contributed by atoms with Crippen LogP contribution in [-0.2, 0) is 6.54 Å². The first-order chi connectivity index (χ1) is 12.6. The van der Waals surface area contributed by atoms with Gasteiger partial charge in [0.05, 0.1) is 14.4 Å². The lowest BCUT2D eigenvalue weighted by molar-refractivity contribution is 0.548. The van der Waals surface area contributed by atoms with E-state index in [9.17, 15) is 4.79 Å². The highest BCUT2D eigenvalue weighted by molar-refractivity contribution is 6.12. The lowest BCUT2D eigenvalue weighted by Crippen LogP contribution is -2.28. The maximum atomic E-state index is 13.2. The van der Waals surface area contributed by atoms with Crippen LogP contribution in [0, 0.1) is 5.92 Å². The second-order valence-electron chi connectivity index (χ2n) is 6.89. The summed E-state index contributed by atoms with van der Waals surface area (Å²) in [5.41, 5.74) is 2.35. The molecule has 0 aliphatic carbocycles. The Morgan fingerprint density at radius 2 is 1.77 bits per heavy atom. The Morgan fingerprint density at radius 1 is 1.08 bits per heavy atom. The molecular weight excluding hydrogens is 323 g/mol. The van der Waals surface area contributed by atoms with Crippen molar-refractivity contribution in [2.24, 2.45) is 5.92 Å². The number of furan rings is 1. The summed E-state index contributed by atoms with van der Waals surface area (Å²) in [4.78, 5) is 18.0. The van der Waals surface area contributed by atoms with Gasteiger partial charge in [0.2, 0.25) is 5.58 Å². The second-order valence-corrected chi connectivity index (χ2v) is 6.89. The van der Waals surface area contributed by atoms with E-state index in [-0.39, 0.29) is 22.9 Å². The fraction of sp³-hybridized carbons (Fsp3) is 0.238. The zero-order valence-electron chi connectivity index (χ0n) is 14.8. The number of fused-ring (bicyclic) bond motifs is 3. The maximum absolute atomic E-state index is 13.2. The van der Waals surface area contributed by atoms with Crippen LogP contribution in [-0.4, -0.2) is 17.4 Å². The molecule has 4 nitrogen and oxygen atoms in total. The van der Waals surface area contributed by atoms with Gasteiger partial charge in [-0.15, -0.1) is 0 Å². The summed E-state index contributed by atoms with van der Waals surface area (Å²) in [6, 6.07) is 17.4. The Labute approximate surface area is 152 Å². The molecule has 1 unspecified atom stereocenters. The monoisotopic (exact) mass is 342 g/mol. The van der Waals surface area contributed by atoms with Gasteiger partial charge in [-0.2, -0.15) is 0 Å². The van der Waals surface area contributed by atoms with Gasteiger partial charge in [0.25, 0.3) is 5.56 Å². The average molecular weight is 342 g/mol. The minimum absolute atomic E-state index is 0.152. The summed E-state index contributed by atoms with van der Waals surface area (Å²) in [6.07, 6.45) is 0. The Hall–Kier alpha value is -2.82. The predicted molar refractivity (Wildman–Crippen MR) is 105 cm³/mol. The van der Waals surface area contributed by atoms with Crippen LogP contribution in [0.25, 0.3) is 22.1 Å². The van der Waals surface area contributed by atoms with Crippen LogP contribution in [0.1, 0.15) is 31.1 Å². The van der Waals surface area contributed by atoms with E-state index in [1.54, 1.807) is 4.57 Å². The molecule has 0 bridgehead atoms. The molecule has 0 saturated heterocycles. The van der Waals surface area contributed by atoms with Crippen LogP contribution >= 0.6 is 0 Å². The molecule has 1 atom stereocenters. The van der Waals surface area contributed by atoms with E-state index in [0.717, 1.165) is 10.9 Å². The van der Waals surface area contributed by atoms with Crippen LogP contribution in [0.4, 0.5) is 0 Å². The number of hydrogen-bond donors (Lipinski definition) is 0. The highest BCUT2D eigenvalue weighted by Crippen LogP contribution is 2.27. The molecule has 0 amide bonds. The van der Waals surface area contributed by atoms with Gasteiger partial charge in [-0.1, -0.05) is 56.3 Å². The Bertz CT molecular complexity index is 1130. The van der Waals surface area contributed by atoms with Crippen molar-refractivity contribution >= 4 is 29.9 Å². The van der Waals surface area contributed by atoms with Crippen molar-refractivity contribution in [1.29, 1.82) is 0 Å². The van der Waals surface area contributed by atoms with E-state index < -0.39 is 0 Å². The molecule has 5 heteroatoms. The van der Waals surface area contributed by atoms with Gasteiger partial charge in [0.15, 0.2) is 0 Å². The molecule has 2 heterocycles. The second kappa shape index (κ2) is 6.48. The summed E-state index contributed by atoms with van der Waals surface area (Å²) in [5, 5.41) is 0.837. The molecule has 2 aromatic heterocycles. The molecule has 0 aliphatic heterocycles.